The van der Waals surface area contributed by atoms with E-state index in [0.717, 1.165) is 10.0 Å². The molecule has 0 aliphatic rings. The standard InChI is InChI=1S/C15H17BrN2O3/c1-10-13(9-14(19)17-6-7-20-2)18-15(21-10)11-4-3-5-12(16)8-11/h3-5,8H,6-7,9H2,1-2H3,(H,17,19). The van der Waals surface area contributed by atoms with Crippen LogP contribution in [0.1, 0.15) is 11.5 Å². The predicted molar refractivity (Wildman–Crippen MR) is 83.0 cm³/mol. The first-order valence-electron chi connectivity index (χ1n) is 6.58. The Labute approximate surface area is 131 Å². The van der Waals surface area contributed by atoms with Gasteiger partial charge in [-0.15, -0.1) is 0 Å². The van der Waals surface area contributed by atoms with Crippen LogP contribution < -0.4 is 5.32 Å². The predicted octanol–water partition coefficient (Wildman–Crippen LogP) is 2.72. The highest BCUT2D eigenvalue weighted by molar-refractivity contribution is 9.10. The zero-order valence-corrected chi connectivity index (χ0v) is 13.6. The highest BCUT2D eigenvalue weighted by Crippen LogP contribution is 2.24. The van der Waals surface area contributed by atoms with E-state index in [9.17, 15) is 4.79 Å². The van der Waals surface area contributed by atoms with E-state index in [1.165, 1.54) is 0 Å². The lowest BCUT2D eigenvalue weighted by molar-refractivity contribution is -0.120. The lowest BCUT2D eigenvalue weighted by atomic mass is 10.2. The van der Waals surface area contributed by atoms with Gasteiger partial charge in [-0.3, -0.25) is 4.79 Å². The molecule has 0 aliphatic carbocycles. The number of methoxy groups -OCH3 is 1. The molecule has 0 spiro atoms. The Morgan fingerprint density at radius 1 is 1.48 bits per heavy atom. The fourth-order valence-corrected chi connectivity index (χ4v) is 2.24. The smallest absolute Gasteiger partial charge is 0.226 e. The summed E-state index contributed by atoms with van der Waals surface area (Å²) in [5, 5.41) is 2.76. The van der Waals surface area contributed by atoms with E-state index >= 15 is 0 Å². The number of amides is 1. The van der Waals surface area contributed by atoms with Gasteiger partial charge < -0.3 is 14.5 Å². The second-order valence-electron chi connectivity index (χ2n) is 4.55. The highest BCUT2D eigenvalue weighted by Gasteiger charge is 2.14. The molecular formula is C15H17BrN2O3. The second kappa shape index (κ2) is 7.38. The first kappa shape index (κ1) is 15.7. The molecule has 0 atom stereocenters. The number of carbonyl (C=O) groups excluding carboxylic acids is 1. The van der Waals surface area contributed by atoms with Crippen molar-refractivity contribution in [3.8, 4) is 11.5 Å². The molecule has 1 heterocycles. The van der Waals surface area contributed by atoms with Crippen molar-refractivity contribution in [2.45, 2.75) is 13.3 Å². The van der Waals surface area contributed by atoms with E-state index < -0.39 is 0 Å². The summed E-state index contributed by atoms with van der Waals surface area (Å²) in [5.74, 6) is 1.09. The number of ether oxygens (including phenoxy) is 1. The van der Waals surface area contributed by atoms with Crippen molar-refractivity contribution >= 4 is 21.8 Å². The molecule has 0 fully saturated rings. The van der Waals surface area contributed by atoms with E-state index in [4.69, 9.17) is 9.15 Å². The van der Waals surface area contributed by atoms with Gasteiger partial charge in [0, 0.05) is 23.7 Å². The van der Waals surface area contributed by atoms with Gasteiger partial charge in [0.05, 0.1) is 18.7 Å². The van der Waals surface area contributed by atoms with Crippen LogP contribution in [0.2, 0.25) is 0 Å². The summed E-state index contributed by atoms with van der Waals surface area (Å²) in [6.45, 7) is 2.80. The number of carbonyl (C=O) groups is 1. The van der Waals surface area contributed by atoms with Crippen molar-refractivity contribution in [1.82, 2.24) is 10.3 Å². The number of hydrogen-bond donors (Lipinski definition) is 1. The van der Waals surface area contributed by atoms with E-state index in [2.05, 4.69) is 26.2 Å². The normalized spacial score (nSPS) is 10.6. The number of nitrogens with zero attached hydrogens (tertiary/aromatic N) is 1. The third-order valence-corrected chi connectivity index (χ3v) is 3.41. The Morgan fingerprint density at radius 2 is 2.29 bits per heavy atom. The quantitative estimate of drug-likeness (QED) is 0.811. The number of benzene rings is 1. The lowest BCUT2D eigenvalue weighted by Gasteiger charge is -2.02. The van der Waals surface area contributed by atoms with Crippen LogP contribution in [0.15, 0.2) is 33.2 Å². The second-order valence-corrected chi connectivity index (χ2v) is 5.47. The third kappa shape index (κ3) is 4.41. The molecule has 0 aliphatic heterocycles. The first-order valence-corrected chi connectivity index (χ1v) is 7.37. The van der Waals surface area contributed by atoms with Crippen molar-refractivity contribution in [3.05, 3.63) is 40.2 Å². The highest BCUT2D eigenvalue weighted by atomic mass is 79.9. The Balaban J connectivity index is 2.07. The average molecular weight is 353 g/mol. The molecule has 1 N–H and O–H groups in total. The van der Waals surface area contributed by atoms with Gasteiger partial charge in [0.15, 0.2) is 0 Å². The van der Waals surface area contributed by atoms with Gasteiger partial charge in [0.25, 0.3) is 0 Å². The maximum Gasteiger partial charge on any atom is 0.226 e. The molecule has 112 valence electrons. The van der Waals surface area contributed by atoms with Gasteiger partial charge in [-0.05, 0) is 25.1 Å². The van der Waals surface area contributed by atoms with E-state index in [1.54, 1.807) is 7.11 Å². The molecular weight excluding hydrogens is 336 g/mol. The zero-order chi connectivity index (χ0) is 15.2. The fraction of sp³-hybridized carbons (Fsp3) is 0.333. The molecule has 0 saturated carbocycles. The molecule has 5 nitrogen and oxygen atoms in total. The van der Waals surface area contributed by atoms with Gasteiger partial charge in [0.2, 0.25) is 11.8 Å². The van der Waals surface area contributed by atoms with E-state index in [0.29, 0.717) is 30.5 Å². The minimum Gasteiger partial charge on any atom is -0.441 e. The molecule has 6 heteroatoms. The molecule has 2 rings (SSSR count). The topological polar surface area (TPSA) is 64.4 Å². The molecule has 0 radical (unpaired) electrons. The van der Waals surface area contributed by atoms with E-state index in [-0.39, 0.29) is 12.3 Å². The van der Waals surface area contributed by atoms with Crippen LogP contribution in [0.5, 0.6) is 0 Å². The number of aryl methyl sites for hydroxylation is 1. The summed E-state index contributed by atoms with van der Waals surface area (Å²) in [4.78, 5) is 16.2. The maximum absolute atomic E-state index is 11.8. The van der Waals surface area contributed by atoms with Crippen LogP contribution in [0.25, 0.3) is 11.5 Å². The number of halogens is 1. The van der Waals surface area contributed by atoms with Gasteiger partial charge in [-0.25, -0.2) is 4.98 Å². The molecule has 2 aromatic rings. The lowest BCUT2D eigenvalue weighted by Crippen LogP contribution is -2.28. The number of hydrogen-bond acceptors (Lipinski definition) is 4. The molecule has 1 amide bonds. The van der Waals surface area contributed by atoms with Gasteiger partial charge in [-0.1, -0.05) is 22.0 Å². The molecule has 21 heavy (non-hydrogen) atoms. The number of nitrogens with one attached hydrogen (secondary N) is 1. The molecule has 0 unspecified atom stereocenters. The summed E-state index contributed by atoms with van der Waals surface area (Å²) < 4.78 is 11.5. The molecule has 1 aromatic heterocycles. The van der Waals surface area contributed by atoms with Crippen molar-refractivity contribution in [1.29, 1.82) is 0 Å². The zero-order valence-electron chi connectivity index (χ0n) is 12.0. The van der Waals surface area contributed by atoms with Crippen LogP contribution >= 0.6 is 15.9 Å². The number of aromatic nitrogens is 1. The largest absolute Gasteiger partial charge is 0.441 e. The van der Waals surface area contributed by atoms with Crippen molar-refractivity contribution in [2.75, 3.05) is 20.3 Å². The number of oxazole rings is 1. The summed E-state index contributed by atoms with van der Waals surface area (Å²) in [7, 11) is 1.60. The minimum atomic E-state index is -0.0933. The van der Waals surface area contributed by atoms with Gasteiger partial charge in [0.1, 0.15) is 5.76 Å². The monoisotopic (exact) mass is 352 g/mol. The van der Waals surface area contributed by atoms with Crippen molar-refractivity contribution < 1.29 is 13.9 Å². The molecule has 1 aromatic carbocycles. The van der Waals surface area contributed by atoms with Gasteiger partial charge >= 0.3 is 0 Å². The van der Waals surface area contributed by atoms with Crippen LogP contribution in [0.3, 0.4) is 0 Å². The Bertz CT molecular complexity index is 625. The molecule has 0 bridgehead atoms. The SMILES string of the molecule is COCCNC(=O)Cc1nc(-c2cccc(Br)c2)oc1C. The summed E-state index contributed by atoms with van der Waals surface area (Å²) in [6, 6.07) is 7.69. The molecule has 0 saturated heterocycles. The minimum absolute atomic E-state index is 0.0933. The van der Waals surface area contributed by atoms with Crippen molar-refractivity contribution in [2.24, 2.45) is 0 Å². The number of rotatable bonds is 6. The fourth-order valence-electron chi connectivity index (χ4n) is 1.84. The van der Waals surface area contributed by atoms with Crippen LogP contribution in [-0.4, -0.2) is 31.2 Å². The Morgan fingerprint density at radius 3 is 3.00 bits per heavy atom. The van der Waals surface area contributed by atoms with Crippen LogP contribution in [0, 0.1) is 6.92 Å². The van der Waals surface area contributed by atoms with Gasteiger partial charge in [-0.2, -0.15) is 0 Å². The Kier molecular flexibility index (Phi) is 5.52. The first-order chi connectivity index (χ1) is 10.1. The van der Waals surface area contributed by atoms with Crippen LogP contribution in [-0.2, 0) is 16.0 Å². The summed E-state index contributed by atoms with van der Waals surface area (Å²) >= 11 is 3.41. The maximum atomic E-state index is 11.8. The van der Waals surface area contributed by atoms with Crippen LogP contribution in [0.4, 0.5) is 0 Å². The Hall–Kier alpha value is -1.66. The average Bonchev–Trinajstić information content (AvgIpc) is 2.80. The summed E-state index contributed by atoms with van der Waals surface area (Å²) in [5.41, 5.74) is 1.53. The summed E-state index contributed by atoms with van der Waals surface area (Å²) in [6.07, 6.45) is 0.201. The third-order valence-electron chi connectivity index (χ3n) is 2.92. The van der Waals surface area contributed by atoms with Crippen molar-refractivity contribution in [3.63, 3.8) is 0 Å². The van der Waals surface area contributed by atoms with E-state index in [1.807, 2.05) is 31.2 Å².